The van der Waals surface area contributed by atoms with E-state index >= 15 is 0 Å². The molecule has 0 aromatic carbocycles. The van der Waals surface area contributed by atoms with Gasteiger partial charge in [0.15, 0.2) is 0 Å². The number of halogens is 1. The maximum absolute atomic E-state index is 13.7. The zero-order valence-electron chi connectivity index (χ0n) is 10.6. The number of fused-ring (bicyclic) bond motifs is 1. The molecule has 2 aromatic heterocycles. The van der Waals surface area contributed by atoms with Crippen molar-refractivity contribution in [3.8, 4) is 5.75 Å². The second kappa shape index (κ2) is 4.28. The molecular weight excluding hydrogens is 245 g/mol. The summed E-state index contributed by atoms with van der Waals surface area (Å²) in [7, 11) is 0. The Morgan fingerprint density at radius 1 is 1.42 bits per heavy atom. The third-order valence-electron chi connectivity index (χ3n) is 3.49. The van der Waals surface area contributed by atoms with Crippen LogP contribution in [0, 0.1) is 12.7 Å². The minimum absolute atomic E-state index is 0.355. The Hall–Kier alpha value is -2.01. The Morgan fingerprint density at radius 2 is 2.26 bits per heavy atom. The smallest absolute Gasteiger partial charge is 0.144 e. The first-order chi connectivity index (χ1) is 9.11. The van der Waals surface area contributed by atoms with Crippen LogP contribution < -0.4 is 10.5 Å². The largest absolute Gasteiger partial charge is 0.491 e. The van der Waals surface area contributed by atoms with Crippen molar-refractivity contribution >= 4 is 0 Å². The molecule has 0 unspecified atom stereocenters. The van der Waals surface area contributed by atoms with E-state index in [1.54, 1.807) is 25.4 Å². The number of aryl methyl sites for hydroxylation is 1. The fourth-order valence-electron chi connectivity index (χ4n) is 2.31. The number of hydrogen-bond donors (Lipinski definition) is 1. The van der Waals surface area contributed by atoms with E-state index in [9.17, 15) is 4.39 Å². The molecule has 1 aliphatic rings. The molecule has 0 bridgehead atoms. The van der Waals surface area contributed by atoms with Gasteiger partial charge >= 0.3 is 0 Å². The molecular formula is C14H14FN3O. The standard InChI is InChI=1S/C14H14FN3O/c1-9-11(15)7-10(8-18-9)14(16)4-6-19-12-3-2-5-17-13(12)14/h2-3,5,7-8H,4,6,16H2,1H3/t14-/m0/s1. The quantitative estimate of drug-likeness (QED) is 0.849. The normalized spacial score (nSPS) is 21.6. The molecule has 4 nitrogen and oxygen atoms in total. The minimum atomic E-state index is -0.851. The number of nitrogens with zero attached hydrogens (tertiary/aromatic N) is 2. The highest BCUT2D eigenvalue weighted by molar-refractivity contribution is 5.43. The van der Waals surface area contributed by atoms with Crippen molar-refractivity contribution in [2.45, 2.75) is 18.9 Å². The molecule has 19 heavy (non-hydrogen) atoms. The molecule has 98 valence electrons. The average molecular weight is 259 g/mol. The zero-order chi connectivity index (χ0) is 13.5. The third-order valence-corrected chi connectivity index (χ3v) is 3.49. The van der Waals surface area contributed by atoms with Crippen LogP contribution in [-0.4, -0.2) is 16.6 Å². The van der Waals surface area contributed by atoms with E-state index in [0.717, 1.165) is 0 Å². The van der Waals surface area contributed by atoms with Crippen molar-refractivity contribution in [1.29, 1.82) is 0 Å². The number of pyridine rings is 2. The molecule has 0 radical (unpaired) electrons. The zero-order valence-corrected chi connectivity index (χ0v) is 10.6. The molecule has 1 atom stereocenters. The number of aromatic nitrogens is 2. The Kier molecular flexibility index (Phi) is 2.71. The summed E-state index contributed by atoms with van der Waals surface area (Å²) in [6.07, 6.45) is 3.82. The predicted molar refractivity (Wildman–Crippen MR) is 68.2 cm³/mol. The SMILES string of the molecule is Cc1ncc([C@@]2(N)CCOc3cccnc32)cc1F. The fraction of sp³-hybridized carbons (Fsp3) is 0.286. The molecule has 0 spiro atoms. The van der Waals surface area contributed by atoms with Crippen LogP contribution in [0.3, 0.4) is 0 Å². The van der Waals surface area contributed by atoms with Gasteiger partial charge in [-0.15, -0.1) is 0 Å². The monoisotopic (exact) mass is 259 g/mol. The van der Waals surface area contributed by atoms with E-state index < -0.39 is 5.54 Å². The van der Waals surface area contributed by atoms with E-state index in [2.05, 4.69) is 9.97 Å². The minimum Gasteiger partial charge on any atom is -0.491 e. The van der Waals surface area contributed by atoms with Crippen molar-refractivity contribution in [1.82, 2.24) is 9.97 Å². The van der Waals surface area contributed by atoms with Crippen LogP contribution in [0.1, 0.15) is 23.4 Å². The average Bonchev–Trinajstić information content (AvgIpc) is 2.42. The van der Waals surface area contributed by atoms with Crippen LogP contribution in [0.15, 0.2) is 30.6 Å². The van der Waals surface area contributed by atoms with Gasteiger partial charge in [0, 0.05) is 18.8 Å². The number of ether oxygens (including phenoxy) is 1. The number of hydrogen-bond acceptors (Lipinski definition) is 4. The van der Waals surface area contributed by atoms with Gasteiger partial charge in [-0.1, -0.05) is 0 Å². The maximum Gasteiger partial charge on any atom is 0.144 e. The second-order valence-electron chi connectivity index (χ2n) is 4.71. The summed E-state index contributed by atoms with van der Waals surface area (Å²) in [5.41, 5.74) is 7.23. The van der Waals surface area contributed by atoms with Gasteiger partial charge in [-0.25, -0.2) is 4.39 Å². The number of nitrogens with two attached hydrogens (primary N) is 1. The summed E-state index contributed by atoms with van der Waals surface area (Å²) < 4.78 is 19.2. The number of rotatable bonds is 1. The summed E-state index contributed by atoms with van der Waals surface area (Å²) in [5, 5.41) is 0. The first kappa shape index (κ1) is 12.0. The lowest BCUT2D eigenvalue weighted by molar-refractivity contribution is 0.232. The molecule has 5 heteroatoms. The summed E-state index contributed by atoms with van der Waals surface area (Å²) in [5.74, 6) is 0.295. The molecule has 3 rings (SSSR count). The Balaban J connectivity index is 2.16. The lowest BCUT2D eigenvalue weighted by Gasteiger charge is -2.34. The van der Waals surface area contributed by atoms with Crippen LogP contribution >= 0.6 is 0 Å². The van der Waals surface area contributed by atoms with Gasteiger partial charge < -0.3 is 10.5 Å². The van der Waals surface area contributed by atoms with Gasteiger partial charge in [-0.2, -0.15) is 0 Å². The maximum atomic E-state index is 13.7. The highest BCUT2D eigenvalue weighted by Gasteiger charge is 2.37. The van der Waals surface area contributed by atoms with Crippen molar-refractivity contribution in [3.63, 3.8) is 0 Å². The molecule has 2 N–H and O–H groups in total. The van der Waals surface area contributed by atoms with Gasteiger partial charge in [-0.3, -0.25) is 9.97 Å². The van der Waals surface area contributed by atoms with Gasteiger partial charge in [0.1, 0.15) is 17.3 Å². The molecule has 0 saturated carbocycles. The van der Waals surface area contributed by atoms with Crippen LogP contribution in [0.25, 0.3) is 0 Å². The third kappa shape index (κ3) is 1.86. The van der Waals surface area contributed by atoms with Crippen molar-refractivity contribution in [3.05, 3.63) is 53.4 Å². The highest BCUT2D eigenvalue weighted by atomic mass is 19.1. The first-order valence-electron chi connectivity index (χ1n) is 6.11. The summed E-state index contributed by atoms with van der Waals surface area (Å²) in [4.78, 5) is 8.35. The Labute approximate surface area is 110 Å². The molecule has 3 heterocycles. The summed E-state index contributed by atoms with van der Waals surface area (Å²) in [6.45, 7) is 2.10. The van der Waals surface area contributed by atoms with Gasteiger partial charge in [0.05, 0.1) is 17.8 Å². The van der Waals surface area contributed by atoms with Crippen LogP contribution in [0.5, 0.6) is 5.75 Å². The molecule has 0 aliphatic carbocycles. The van der Waals surface area contributed by atoms with Gasteiger partial charge in [0.2, 0.25) is 0 Å². The summed E-state index contributed by atoms with van der Waals surface area (Å²) in [6, 6.07) is 5.05. The van der Waals surface area contributed by atoms with E-state index in [1.165, 1.54) is 6.07 Å². The molecule has 1 aliphatic heterocycles. The lowest BCUT2D eigenvalue weighted by Crippen LogP contribution is -2.43. The van der Waals surface area contributed by atoms with Crippen molar-refractivity contribution in [2.75, 3.05) is 6.61 Å². The Morgan fingerprint density at radius 3 is 3.05 bits per heavy atom. The summed E-state index contributed by atoms with van der Waals surface area (Å²) >= 11 is 0. The lowest BCUT2D eigenvalue weighted by atomic mass is 9.83. The van der Waals surface area contributed by atoms with E-state index in [4.69, 9.17) is 10.5 Å². The molecule has 0 amide bonds. The van der Waals surface area contributed by atoms with Gasteiger partial charge in [-0.05, 0) is 30.7 Å². The molecule has 0 fully saturated rings. The van der Waals surface area contributed by atoms with E-state index in [0.29, 0.717) is 35.7 Å². The van der Waals surface area contributed by atoms with E-state index in [-0.39, 0.29) is 5.82 Å². The second-order valence-corrected chi connectivity index (χ2v) is 4.71. The highest BCUT2D eigenvalue weighted by Crippen LogP contribution is 2.38. The topological polar surface area (TPSA) is 61.0 Å². The van der Waals surface area contributed by atoms with Crippen LogP contribution in [0.4, 0.5) is 4.39 Å². The molecule has 0 saturated heterocycles. The molecule has 2 aromatic rings. The van der Waals surface area contributed by atoms with Gasteiger partial charge in [0.25, 0.3) is 0 Å². The van der Waals surface area contributed by atoms with Crippen molar-refractivity contribution < 1.29 is 9.13 Å². The first-order valence-corrected chi connectivity index (χ1v) is 6.11. The van der Waals surface area contributed by atoms with Crippen LogP contribution in [0.2, 0.25) is 0 Å². The fourth-order valence-corrected chi connectivity index (χ4v) is 2.31. The Bertz CT molecular complexity index is 632. The van der Waals surface area contributed by atoms with Crippen molar-refractivity contribution in [2.24, 2.45) is 5.73 Å². The van der Waals surface area contributed by atoms with Crippen LogP contribution in [-0.2, 0) is 5.54 Å². The van der Waals surface area contributed by atoms with E-state index in [1.807, 2.05) is 6.07 Å². The predicted octanol–water partition coefficient (Wildman–Crippen LogP) is 1.91.